The molecule has 3 N–H and O–H groups in total. The highest BCUT2D eigenvalue weighted by Crippen LogP contribution is 2.22. The number of nitrogen functional groups attached to an aromatic ring is 1. The van der Waals surface area contributed by atoms with Crippen LogP contribution in [0.25, 0.3) is 10.9 Å². The molecular weight excluding hydrogens is 188 g/mol. The highest BCUT2D eigenvalue weighted by Gasteiger charge is 2.07. The summed E-state index contributed by atoms with van der Waals surface area (Å²) in [6, 6.07) is 7.96. The normalized spacial score (nSPS) is 13.2. The van der Waals surface area contributed by atoms with Gasteiger partial charge in [-0.3, -0.25) is 0 Å². The van der Waals surface area contributed by atoms with E-state index in [1.165, 1.54) is 0 Å². The Bertz CT molecular complexity index is 462. The van der Waals surface area contributed by atoms with E-state index < -0.39 is 0 Å². The van der Waals surface area contributed by atoms with Crippen LogP contribution in [0, 0.1) is 5.92 Å². The lowest BCUT2D eigenvalue weighted by Crippen LogP contribution is -2.10. The van der Waals surface area contributed by atoms with Crippen molar-refractivity contribution < 1.29 is 5.11 Å². The number of anilines is 1. The Hall–Kier alpha value is -1.48. The lowest BCUT2D eigenvalue weighted by molar-refractivity contribution is 0.224. The molecule has 2 aromatic rings. The molecular formula is C12H16N2O. The number of fused-ring (bicyclic) bond motifs is 1. The van der Waals surface area contributed by atoms with E-state index in [1.54, 1.807) is 0 Å². The van der Waals surface area contributed by atoms with Gasteiger partial charge in [0, 0.05) is 24.7 Å². The lowest BCUT2D eigenvalue weighted by Gasteiger charge is -2.11. The first-order chi connectivity index (χ1) is 7.22. The van der Waals surface area contributed by atoms with Gasteiger partial charge in [0.05, 0.1) is 11.2 Å². The first-order valence-electron chi connectivity index (χ1n) is 5.16. The maximum Gasteiger partial charge on any atom is 0.0713 e. The SMILES string of the molecule is CC(CO)Cn1ccc2cccc(N)c21. The minimum atomic E-state index is 0.201. The summed E-state index contributed by atoms with van der Waals surface area (Å²) < 4.78 is 2.10. The fourth-order valence-electron chi connectivity index (χ4n) is 1.84. The average molecular weight is 204 g/mol. The van der Waals surface area contributed by atoms with Crippen LogP contribution in [0.2, 0.25) is 0 Å². The van der Waals surface area contributed by atoms with Crippen molar-refractivity contribution in [2.24, 2.45) is 5.92 Å². The second-order valence-corrected chi connectivity index (χ2v) is 4.04. The number of rotatable bonds is 3. The predicted octanol–water partition coefficient (Wildman–Crippen LogP) is 1.85. The van der Waals surface area contributed by atoms with Crippen LogP contribution in [0.5, 0.6) is 0 Å². The van der Waals surface area contributed by atoms with Crippen molar-refractivity contribution in [1.82, 2.24) is 4.57 Å². The van der Waals surface area contributed by atoms with E-state index in [-0.39, 0.29) is 12.5 Å². The van der Waals surface area contributed by atoms with E-state index in [0.717, 1.165) is 23.1 Å². The molecule has 0 aliphatic rings. The monoisotopic (exact) mass is 204 g/mol. The summed E-state index contributed by atoms with van der Waals surface area (Å²) in [6.07, 6.45) is 2.02. The van der Waals surface area contributed by atoms with Crippen LogP contribution in [-0.2, 0) is 6.54 Å². The molecule has 0 radical (unpaired) electrons. The van der Waals surface area contributed by atoms with E-state index in [2.05, 4.69) is 10.6 Å². The molecule has 3 heteroatoms. The molecule has 0 aliphatic carbocycles. The van der Waals surface area contributed by atoms with E-state index in [0.29, 0.717) is 0 Å². The molecule has 1 heterocycles. The van der Waals surface area contributed by atoms with Gasteiger partial charge >= 0.3 is 0 Å². The van der Waals surface area contributed by atoms with Crippen LogP contribution >= 0.6 is 0 Å². The Morgan fingerprint density at radius 1 is 1.40 bits per heavy atom. The number of nitrogens with two attached hydrogens (primary N) is 1. The molecule has 1 unspecified atom stereocenters. The molecule has 0 bridgehead atoms. The first kappa shape index (κ1) is 10.1. The van der Waals surface area contributed by atoms with E-state index >= 15 is 0 Å². The van der Waals surface area contributed by atoms with Crippen molar-refractivity contribution >= 4 is 16.6 Å². The van der Waals surface area contributed by atoms with Gasteiger partial charge in [0.25, 0.3) is 0 Å². The Labute approximate surface area is 89.1 Å². The highest BCUT2D eigenvalue weighted by molar-refractivity contribution is 5.90. The number of hydrogen-bond donors (Lipinski definition) is 2. The zero-order valence-electron chi connectivity index (χ0n) is 8.85. The standard InChI is InChI=1S/C12H16N2O/c1-9(8-15)7-14-6-5-10-3-2-4-11(13)12(10)14/h2-6,9,15H,7-8,13H2,1H3. The molecule has 2 rings (SSSR count). The molecule has 80 valence electrons. The van der Waals surface area contributed by atoms with Crippen LogP contribution in [0.1, 0.15) is 6.92 Å². The Morgan fingerprint density at radius 3 is 2.93 bits per heavy atom. The fourth-order valence-corrected chi connectivity index (χ4v) is 1.84. The quantitative estimate of drug-likeness (QED) is 0.750. The number of aliphatic hydroxyl groups is 1. The van der Waals surface area contributed by atoms with Crippen molar-refractivity contribution in [2.75, 3.05) is 12.3 Å². The predicted molar refractivity (Wildman–Crippen MR) is 62.6 cm³/mol. The molecule has 0 spiro atoms. The molecule has 1 atom stereocenters. The van der Waals surface area contributed by atoms with Crippen LogP contribution in [0.3, 0.4) is 0 Å². The molecule has 0 aliphatic heterocycles. The third kappa shape index (κ3) is 1.83. The van der Waals surface area contributed by atoms with Crippen LogP contribution < -0.4 is 5.73 Å². The van der Waals surface area contributed by atoms with Gasteiger partial charge in [-0.05, 0) is 18.1 Å². The van der Waals surface area contributed by atoms with Crippen molar-refractivity contribution in [3.63, 3.8) is 0 Å². The van der Waals surface area contributed by atoms with Crippen molar-refractivity contribution in [2.45, 2.75) is 13.5 Å². The summed E-state index contributed by atoms with van der Waals surface area (Å²) in [7, 11) is 0. The number of aliphatic hydroxyl groups excluding tert-OH is 1. The Balaban J connectivity index is 2.43. The van der Waals surface area contributed by atoms with Crippen LogP contribution in [0.15, 0.2) is 30.5 Å². The number of aromatic nitrogens is 1. The van der Waals surface area contributed by atoms with Crippen LogP contribution in [-0.4, -0.2) is 16.3 Å². The lowest BCUT2D eigenvalue weighted by atomic mass is 10.2. The number of hydrogen-bond acceptors (Lipinski definition) is 2. The highest BCUT2D eigenvalue weighted by atomic mass is 16.3. The van der Waals surface area contributed by atoms with E-state index in [4.69, 9.17) is 10.8 Å². The average Bonchev–Trinajstić information content (AvgIpc) is 2.63. The molecule has 3 nitrogen and oxygen atoms in total. The zero-order chi connectivity index (χ0) is 10.8. The summed E-state index contributed by atoms with van der Waals surface area (Å²) in [6.45, 7) is 3.02. The van der Waals surface area contributed by atoms with Gasteiger partial charge in [-0.25, -0.2) is 0 Å². The molecule has 1 aromatic heterocycles. The molecule has 0 fully saturated rings. The van der Waals surface area contributed by atoms with E-state index in [9.17, 15) is 0 Å². The summed E-state index contributed by atoms with van der Waals surface area (Å²) >= 11 is 0. The summed E-state index contributed by atoms with van der Waals surface area (Å²) in [5.41, 5.74) is 7.80. The van der Waals surface area contributed by atoms with Gasteiger partial charge in [0.15, 0.2) is 0 Å². The van der Waals surface area contributed by atoms with Gasteiger partial charge < -0.3 is 15.4 Å². The van der Waals surface area contributed by atoms with Gasteiger partial charge in [-0.1, -0.05) is 19.1 Å². The molecule has 0 saturated carbocycles. The van der Waals surface area contributed by atoms with Crippen molar-refractivity contribution in [1.29, 1.82) is 0 Å². The number of benzene rings is 1. The van der Waals surface area contributed by atoms with Gasteiger partial charge in [-0.15, -0.1) is 0 Å². The Kier molecular flexibility index (Phi) is 2.64. The molecule has 1 aromatic carbocycles. The second-order valence-electron chi connectivity index (χ2n) is 4.04. The smallest absolute Gasteiger partial charge is 0.0713 e. The third-order valence-corrected chi connectivity index (χ3v) is 2.64. The number of para-hydroxylation sites is 1. The minimum Gasteiger partial charge on any atom is -0.397 e. The first-order valence-corrected chi connectivity index (χ1v) is 5.16. The van der Waals surface area contributed by atoms with E-state index in [1.807, 2.05) is 31.3 Å². The molecule has 15 heavy (non-hydrogen) atoms. The maximum absolute atomic E-state index is 9.03. The second kappa shape index (κ2) is 3.95. The van der Waals surface area contributed by atoms with Crippen LogP contribution in [0.4, 0.5) is 5.69 Å². The Morgan fingerprint density at radius 2 is 2.20 bits per heavy atom. The van der Waals surface area contributed by atoms with Gasteiger partial charge in [0.1, 0.15) is 0 Å². The fraction of sp³-hybridized carbons (Fsp3) is 0.333. The molecule has 0 saturated heterocycles. The summed E-state index contributed by atoms with van der Waals surface area (Å²) in [4.78, 5) is 0. The van der Waals surface area contributed by atoms with Crippen molar-refractivity contribution in [3.8, 4) is 0 Å². The van der Waals surface area contributed by atoms with Gasteiger partial charge in [-0.2, -0.15) is 0 Å². The topological polar surface area (TPSA) is 51.2 Å². The summed E-state index contributed by atoms with van der Waals surface area (Å²) in [5.74, 6) is 0.250. The maximum atomic E-state index is 9.03. The number of nitrogens with zero attached hydrogens (tertiary/aromatic N) is 1. The minimum absolute atomic E-state index is 0.201. The molecule has 0 amide bonds. The third-order valence-electron chi connectivity index (χ3n) is 2.64. The zero-order valence-corrected chi connectivity index (χ0v) is 8.85. The van der Waals surface area contributed by atoms with Gasteiger partial charge in [0.2, 0.25) is 0 Å². The largest absolute Gasteiger partial charge is 0.397 e. The summed E-state index contributed by atoms with van der Waals surface area (Å²) in [5, 5.41) is 10.2. The van der Waals surface area contributed by atoms with Crippen molar-refractivity contribution in [3.05, 3.63) is 30.5 Å².